The number of allylic oxidation sites excluding steroid dienone is 2. The van der Waals surface area contributed by atoms with Gasteiger partial charge in [-0.15, -0.1) is 0 Å². The van der Waals surface area contributed by atoms with Gasteiger partial charge in [0.1, 0.15) is 0 Å². The first-order chi connectivity index (χ1) is 5.97. The van der Waals surface area contributed by atoms with Crippen molar-refractivity contribution in [2.45, 2.75) is 32.1 Å². The van der Waals surface area contributed by atoms with Crippen LogP contribution < -0.4 is 5.32 Å². The minimum atomic E-state index is 1.02. The molecule has 2 nitrogen and oxygen atoms in total. The number of hydrogen-bond acceptors (Lipinski definition) is 2. The summed E-state index contributed by atoms with van der Waals surface area (Å²) in [4.78, 5) is 4.31. The van der Waals surface area contributed by atoms with E-state index in [-0.39, 0.29) is 0 Å². The van der Waals surface area contributed by atoms with E-state index in [0.717, 1.165) is 13.1 Å². The molecule has 2 aliphatic rings. The summed E-state index contributed by atoms with van der Waals surface area (Å²) < 4.78 is 0. The van der Waals surface area contributed by atoms with Gasteiger partial charge in [-0.2, -0.15) is 0 Å². The third-order valence-electron chi connectivity index (χ3n) is 2.56. The van der Waals surface area contributed by atoms with Crippen molar-refractivity contribution in [3.8, 4) is 0 Å². The molecule has 2 heteroatoms. The zero-order valence-electron chi connectivity index (χ0n) is 7.47. The van der Waals surface area contributed by atoms with Crippen LogP contribution in [0.15, 0.2) is 16.3 Å². The Bertz CT molecular complexity index is 208. The standard InChI is InChI=1S/C10H16N2/c1-2-7-12-10(5-1)9-4-3-6-11-8-9/h8,12H,1-7H2. The highest BCUT2D eigenvalue weighted by Gasteiger charge is 2.10. The summed E-state index contributed by atoms with van der Waals surface area (Å²) in [6, 6.07) is 0. The van der Waals surface area contributed by atoms with Crippen LogP contribution in [0.2, 0.25) is 0 Å². The number of nitrogens with zero attached hydrogens (tertiary/aromatic N) is 1. The summed E-state index contributed by atoms with van der Waals surface area (Å²) in [7, 11) is 0. The summed E-state index contributed by atoms with van der Waals surface area (Å²) >= 11 is 0. The molecule has 0 atom stereocenters. The van der Waals surface area contributed by atoms with Crippen LogP contribution in [0.3, 0.4) is 0 Å². The van der Waals surface area contributed by atoms with Crippen molar-refractivity contribution in [2.75, 3.05) is 13.1 Å². The number of rotatable bonds is 0. The van der Waals surface area contributed by atoms with Gasteiger partial charge >= 0.3 is 0 Å². The van der Waals surface area contributed by atoms with Gasteiger partial charge in [0.05, 0.1) is 0 Å². The number of hydrogen-bond donors (Lipinski definition) is 1. The molecule has 0 saturated carbocycles. The van der Waals surface area contributed by atoms with Crippen molar-refractivity contribution in [3.63, 3.8) is 0 Å². The maximum atomic E-state index is 4.31. The minimum absolute atomic E-state index is 1.02. The topological polar surface area (TPSA) is 24.4 Å². The quantitative estimate of drug-likeness (QED) is 0.581. The molecule has 0 radical (unpaired) electrons. The van der Waals surface area contributed by atoms with Crippen molar-refractivity contribution in [3.05, 3.63) is 11.3 Å². The molecule has 0 aromatic carbocycles. The van der Waals surface area contributed by atoms with E-state index in [9.17, 15) is 0 Å². The fraction of sp³-hybridized carbons (Fsp3) is 0.700. The van der Waals surface area contributed by atoms with Crippen LogP contribution in [0.5, 0.6) is 0 Å². The highest BCUT2D eigenvalue weighted by molar-refractivity contribution is 5.80. The molecule has 0 amide bonds. The lowest BCUT2D eigenvalue weighted by molar-refractivity contribution is 0.579. The molecule has 2 aliphatic heterocycles. The van der Waals surface area contributed by atoms with Gasteiger partial charge < -0.3 is 5.32 Å². The second kappa shape index (κ2) is 3.74. The van der Waals surface area contributed by atoms with Gasteiger partial charge in [0, 0.05) is 25.0 Å². The van der Waals surface area contributed by atoms with Crippen LogP contribution in [0.4, 0.5) is 0 Å². The Morgan fingerprint density at radius 2 is 2.17 bits per heavy atom. The third-order valence-corrected chi connectivity index (χ3v) is 2.56. The molecule has 1 saturated heterocycles. The second-order valence-corrected chi connectivity index (χ2v) is 3.53. The first-order valence-electron chi connectivity index (χ1n) is 4.92. The van der Waals surface area contributed by atoms with Crippen LogP contribution in [-0.2, 0) is 0 Å². The van der Waals surface area contributed by atoms with Gasteiger partial charge in [-0.1, -0.05) is 0 Å². The molecule has 66 valence electrons. The minimum Gasteiger partial charge on any atom is -0.388 e. The molecule has 2 rings (SSSR count). The van der Waals surface area contributed by atoms with Gasteiger partial charge in [-0.05, 0) is 37.7 Å². The normalized spacial score (nSPS) is 30.0. The molecule has 2 heterocycles. The van der Waals surface area contributed by atoms with Crippen molar-refractivity contribution in [2.24, 2.45) is 4.99 Å². The van der Waals surface area contributed by atoms with E-state index in [1.54, 1.807) is 0 Å². The smallest absolute Gasteiger partial charge is 0.0392 e. The van der Waals surface area contributed by atoms with E-state index < -0.39 is 0 Å². The van der Waals surface area contributed by atoms with Gasteiger partial charge in [0.25, 0.3) is 0 Å². The first-order valence-corrected chi connectivity index (χ1v) is 4.92. The molecule has 0 unspecified atom stereocenters. The summed E-state index contributed by atoms with van der Waals surface area (Å²) in [6.45, 7) is 2.18. The Balaban J connectivity index is 2.10. The van der Waals surface area contributed by atoms with Crippen LogP contribution in [0.25, 0.3) is 0 Å². The summed E-state index contributed by atoms with van der Waals surface area (Å²) in [5.74, 6) is 0. The molecule has 1 N–H and O–H groups in total. The van der Waals surface area contributed by atoms with E-state index in [1.165, 1.54) is 43.4 Å². The first kappa shape index (κ1) is 7.84. The molecule has 12 heavy (non-hydrogen) atoms. The van der Waals surface area contributed by atoms with Gasteiger partial charge in [-0.3, -0.25) is 4.99 Å². The van der Waals surface area contributed by atoms with Crippen molar-refractivity contribution >= 4 is 6.21 Å². The molecular weight excluding hydrogens is 148 g/mol. The lowest BCUT2D eigenvalue weighted by Gasteiger charge is -2.20. The summed E-state index contributed by atoms with van der Waals surface area (Å²) in [6.07, 6.45) is 8.44. The molecule has 0 aliphatic carbocycles. The summed E-state index contributed by atoms with van der Waals surface area (Å²) in [5, 5.41) is 3.48. The van der Waals surface area contributed by atoms with E-state index in [0.29, 0.717) is 0 Å². The predicted octanol–water partition coefficient (Wildman–Crippen LogP) is 1.88. The maximum Gasteiger partial charge on any atom is 0.0392 e. The van der Waals surface area contributed by atoms with Crippen LogP contribution >= 0.6 is 0 Å². The molecular formula is C10H16N2. The molecule has 0 aromatic heterocycles. The van der Waals surface area contributed by atoms with E-state index in [1.807, 2.05) is 0 Å². The Labute approximate surface area is 73.8 Å². The van der Waals surface area contributed by atoms with Crippen LogP contribution in [-0.4, -0.2) is 19.3 Å². The lowest BCUT2D eigenvalue weighted by atomic mass is 10.0. The largest absolute Gasteiger partial charge is 0.388 e. The fourth-order valence-electron chi connectivity index (χ4n) is 1.86. The Hall–Kier alpha value is -0.790. The van der Waals surface area contributed by atoms with Crippen LogP contribution in [0, 0.1) is 0 Å². The Kier molecular flexibility index (Phi) is 2.45. The maximum absolute atomic E-state index is 4.31. The van der Waals surface area contributed by atoms with Crippen molar-refractivity contribution < 1.29 is 0 Å². The average Bonchev–Trinajstić information content (AvgIpc) is 2.21. The van der Waals surface area contributed by atoms with Gasteiger partial charge in [0.2, 0.25) is 0 Å². The van der Waals surface area contributed by atoms with Crippen molar-refractivity contribution in [1.82, 2.24) is 5.32 Å². The van der Waals surface area contributed by atoms with E-state index in [4.69, 9.17) is 0 Å². The van der Waals surface area contributed by atoms with Gasteiger partial charge in [0.15, 0.2) is 0 Å². The van der Waals surface area contributed by atoms with E-state index >= 15 is 0 Å². The SMILES string of the molecule is C1=NCCCC1=C1CCCCN1. The monoisotopic (exact) mass is 164 g/mol. The molecule has 0 bridgehead atoms. The Morgan fingerprint density at radius 3 is 2.83 bits per heavy atom. The molecule has 0 aromatic rings. The third kappa shape index (κ3) is 1.68. The van der Waals surface area contributed by atoms with Crippen molar-refractivity contribution in [1.29, 1.82) is 0 Å². The predicted molar refractivity (Wildman–Crippen MR) is 51.5 cm³/mol. The van der Waals surface area contributed by atoms with Gasteiger partial charge in [-0.25, -0.2) is 0 Å². The number of piperidine rings is 1. The van der Waals surface area contributed by atoms with E-state index in [2.05, 4.69) is 16.5 Å². The highest BCUT2D eigenvalue weighted by atomic mass is 14.9. The molecule has 1 fully saturated rings. The lowest BCUT2D eigenvalue weighted by Crippen LogP contribution is -2.22. The molecule has 0 spiro atoms. The second-order valence-electron chi connectivity index (χ2n) is 3.53. The average molecular weight is 164 g/mol. The zero-order valence-corrected chi connectivity index (χ0v) is 7.47. The van der Waals surface area contributed by atoms with Crippen LogP contribution in [0.1, 0.15) is 32.1 Å². The Morgan fingerprint density at radius 1 is 1.17 bits per heavy atom. The summed E-state index contributed by atoms with van der Waals surface area (Å²) in [5.41, 5.74) is 2.92. The zero-order chi connectivity index (χ0) is 8.23. The number of nitrogens with one attached hydrogen (secondary N) is 1. The number of aliphatic imine (C=N–C) groups is 1. The fourth-order valence-corrected chi connectivity index (χ4v) is 1.86. The highest BCUT2D eigenvalue weighted by Crippen LogP contribution is 2.18.